The van der Waals surface area contributed by atoms with Gasteiger partial charge in [-0.25, -0.2) is 4.98 Å². The van der Waals surface area contributed by atoms with Crippen LogP contribution in [-0.4, -0.2) is 34.9 Å². The van der Waals surface area contributed by atoms with Gasteiger partial charge in [0.15, 0.2) is 5.16 Å². The van der Waals surface area contributed by atoms with Gasteiger partial charge in [0, 0.05) is 12.0 Å². The van der Waals surface area contributed by atoms with Crippen LogP contribution in [0, 0.1) is 11.3 Å². The first-order valence-corrected chi connectivity index (χ1v) is 12.3. The van der Waals surface area contributed by atoms with Gasteiger partial charge in [0.2, 0.25) is 5.91 Å². The molecule has 0 radical (unpaired) electrons. The lowest BCUT2D eigenvalue weighted by atomic mass is 9.96. The number of hydrogen-bond donors (Lipinski definition) is 1. The van der Waals surface area contributed by atoms with Crippen LogP contribution in [0.1, 0.15) is 41.8 Å². The van der Waals surface area contributed by atoms with Crippen molar-refractivity contribution in [3.05, 3.63) is 50.6 Å². The smallest absolute Gasteiger partial charge is 0.262 e. The van der Waals surface area contributed by atoms with Gasteiger partial charge in [-0.2, -0.15) is 5.26 Å². The minimum absolute atomic E-state index is 0.0813. The number of carbonyl (C=O) groups is 1. The molecule has 2 heterocycles. The Morgan fingerprint density at radius 2 is 2.16 bits per heavy atom. The van der Waals surface area contributed by atoms with E-state index in [0.717, 1.165) is 31.2 Å². The maximum Gasteiger partial charge on any atom is 0.262 e. The van der Waals surface area contributed by atoms with Crippen molar-refractivity contribution in [1.29, 1.82) is 5.26 Å². The number of para-hydroxylation sites is 1. The first-order chi connectivity index (χ1) is 15.5. The number of thiophene rings is 1. The van der Waals surface area contributed by atoms with E-state index in [0.29, 0.717) is 33.2 Å². The lowest BCUT2D eigenvalue weighted by Gasteiger charge is -2.18. The molecule has 1 atom stereocenters. The molecule has 1 amide bonds. The minimum atomic E-state index is -0.232. The number of amides is 1. The van der Waals surface area contributed by atoms with E-state index < -0.39 is 0 Å². The standard InChI is InChI=1S/C23H24N4O3S2/c1-14(12-30-2)27-22(29)16-8-3-5-9-18(16)25-23(27)31-13-20(28)26-21-17(11-24)15-7-4-6-10-19(15)32-21/h3,5,8-9,14H,4,6-7,10,12-13H2,1-2H3,(H,26,28). The number of ether oxygens (including phenoxy) is 1. The van der Waals surface area contributed by atoms with Gasteiger partial charge in [-0.05, 0) is 50.3 Å². The number of aryl methyl sites for hydroxylation is 1. The summed E-state index contributed by atoms with van der Waals surface area (Å²) in [5.41, 5.74) is 2.13. The Hall–Kier alpha value is -2.67. The molecule has 7 nitrogen and oxygen atoms in total. The number of benzene rings is 1. The van der Waals surface area contributed by atoms with E-state index in [1.54, 1.807) is 23.8 Å². The molecule has 0 spiro atoms. The summed E-state index contributed by atoms with van der Waals surface area (Å²) in [4.78, 5) is 31.7. The Bertz CT molecular complexity index is 1260. The van der Waals surface area contributed by atoms with Gasteiger partial charge in [-0.15, -0.1) is 11.3 Å². The average Bonchev–Trinajstić information content (AvgIpc) is 3.14. The van der Waals surface area contributed by atoms with Gasteiger partial charge in [-0.3, -0.25) is 14.2 Å². The van der Waals surface area contributed by atoms with Crippen LogP contribution in [0.15, 0.2) is 34.2 Å². The number of anilines is 1. The zero-order valence-corrected chi connectivity index (χ0v) is 19.6. The second-order valence-electron chi connectivity index (χ2n) is 7.75. The number of hydrogen-bond acceptors (Lipinski definition) is 7. The van der Waals surface area contributed by atoms with Crippen molar-refractivity contribution in [3.8, 4) is 6.07 Å². The van der Waals surface area contributed by atoms with Gasteiger partial charge in [0.05, 0.1) is 34.9 Å². The molecule has 1 aliphatic rings. The number of nitrogens with one attached hydrogen (secondary N) is 1. The van der Waals surface area contributed by atoms with Crippen LogP contribution in [0.25, 0.3) is 10.9 Å². The molecular formula is C23H24N4O3S2. The second-order valence-corrected chi connectivity index (χ2v) is 9.80. The normalized spacial score (nSPS) is 14.0. The molecule has 1 aliphatic carbocycles. The lowest BCUT2D eigenvalue weighted by molar-refractivity contribution is -0.113. The number of nitrogens with zero attached hydrogens (tertiary/aromatic N) is 3. The van der Waals surface area contributed by atoms with Crippen LogP contribution in [0.3, 0.4) is 0 Å². The summed E-state index contributed by atoms with van der Waals surface area (Å²) >= 11 is 2.72. The topological polar surface area (TPSA) is 97.0 Å². The van der Waals surface area contributed by atoms with Gasteiger partial charge < -0.3 is 10.1 Å². The van der Waals surface area contributed by atoms with E-state index in [9.17, 15) is 14.9 Å². The fourth-order valence-electron chi connectivity index (χ4n) is 4.00. The SMILES string of the molecule is COCC(C)n1c(SCC(=O)Nc2sc3c(c2C#N)CCCC3)nc2ccccc2c1=O. The molecule has 0 saturated carbocycles. The molecule has 9 heteroatoms. The summed E-state index contributed by atoms with van der Waals surface area (Å²) in [5.74, 6) is -0.142. The third-order valence-corrected chi connectivity index (χ3v) is 7.65. The van der Waals surface area contributed by atoms with Crippen LogP contribution >= 0.6 is 23.1 Å². The maximum atomic E-state index is 13.1. The molecule has 0 saturated heterocycles. The van der Waals surface area contributed by atoms with Gasteiger partial charge >= 0.3 is 0 Å². The van der Waals surface area contributed by atoms with E-state index in [1.165, 1.54) is 28.0 Å². The Kier molecular flexibility index (Phi) is 6.94. The summed E-state index contributed by atoms with van der Waals surface area (Å²) in [6, 6.07) is 9.22. The first kappa shape index (κ1) is 22.5. The average molecular weight is 469 g/mol. The number of aromatic nitrogens is 2. The molecule has 0 aliphatic heterocycles. The molecule has 32 heavy (non-hydrogen) atoms. The van der Waals surface area contributed by atoms with Crippen molar-refractivity contribution < 1.29 is 9.53 Å². The fourth-order valence-corrected chi connectivity index (χ4v) is 6.15. The van der Waals surface area contributed by atoms with Gasteiger partial charge in [-0.1, -0.05) is 23.9 Å². The van der Waals surface area contributed by atoms with Crippen LogP contribution < -0.4 is 10.9 Å². The van der Waals surface area contributed by atoms with Crippen molar-refractivity contribution in [2.45, 2.75) is 43.8 Å². The van der Waals surface area contributed by atoms with Crippen molar-refractivity contribution in [3.63, 3.8) is 0 Å². The molecule has 0 fully saturated rings. The van der Waals surface area contributed by atoms with Crippen molar-refractivity contribution in [2.75, 3.05) is 24.8 Å². The van der Waals surface area contributed by atoms with Gasteiger partial charge in [0.1, 0.15) is 11.1 Å². The Morgan fingerprint density at radius 1 is 1.38 bits per heavy atom. The Labute approximate surface area is 194 Å². The van der Waals surface area contributed by atoms with Crippen LogP contribution in [-0.2, 0) is 22.4 Å². The molecular weight excluding hydrogens is 444 g/mol. The summed E-state index contributed by atoms with van der Waals surface area (Å²) < 4.78 is 6.84. The maximum absolute atomic E-state index is 13.1. The highest BCUT2D eigenvalue weighted by atomic mass is 32.2. The Morgan fingerprint density at radius 3 is 2.94 bits per heavy atom. The Balaban J connectivity index is 1.57. The van der Waals surface area contributed by atoms with Crippen molar-refractivity contribution in [2.24, 2.45) is 0 Å². The molecule has 166 valence electrons. The number of carbonyl (C=O) groups excluding carboxylic acids is 1. The quantitative estimate of drug-likeness (QED) is 0.413. The second kappa shape index (κ2) is 9.86. The first-order valence-electron chi connectivity index (χ1n) is 10.5. The van der Waals surface area contributed by atoms with Crippen molar-refractivity contribution >= 4 is 44.9 Å². The molecule has 1 unspecified atom stereocenters. The zero-order chi connectivity index (χ0) is 22.7. The molecule has 4 rings (SSSR count). The van der Waals surface area contributed by atoms with Crippen molar-refractivity contribution in [1.82, 2.24) is 9.55 Å². The molecule has 1 N–H and O–H groups in total. The fraction of sp³-hybridized carbons (Fsp3) is 0.391. The van der Waals surface area contributed by atoms with Crippen LogP contribution in [0.4, 0.5) is 5.00 Å². The number of rotatable bonds is 7. The third kappa shape index (κ3) is 4.44. The summed E-state index contributed by atoms with van der Waals surface area (Å²) in [6.07, 6.45) is 4.05. The zero-order valence-electron chi connectivity index (χ0n) is 18.0. The van der Waals surface area contributed by atoms with E-state index in [-0.39, 0.29) is 23.3 Å². The molecule has 1 aromatic carbocycles. The summed E-state index contributed by atoms with van der Waals surface area (Å²) in [7, 11) is 1.59. The highest BCUT2D eigenvalue weighted by molar-refractivity contribution is 7.99. The monoisotopic (exact) mass is 468 g/mol. The van der Waals surface area contributed by atoms with Crippen LogP contribution in [0.2, 0.25) is 0 Å². The largest absolute Gasteiger partial charge is 0.383 e. The number of thioether (sulfide) groups is 1. The molecule has 0 bridgehead atoms. The highest BCUT2D eigenvalue weighted by Crippen LogP contribution is 2.37. The van der Waals surface area contributed by atoms with E-state index in [4.69, 9.17) is 4.74 Å². The predicted octanol–water partition coefficient (Wildman–Crippen LogP) is 4.15. The van der Waals surface area contributed by atoms with Crippen LogP contribution in [0.5, 0.6) is 0 Å². The lowest BCUT2D eigenvalue weighted by Crippen LogP contribution is -2.29. The number of nitriles is 1. The van der Waals surface area contributed by atoms with E-state index >= 15 is 0 Å². The molecule has 3 aromatic rings. The third-order valence-electron chi connectivity index (χ3n) is 5.49. The molecule has 2 aromatic heterocycles. The number of methoxy groups -OCH3 is 1. The van der Waals surface area contributed by atoms with E-state index in [2.05, 4.69) is 16.4 Å². The summed E-state index contributed by atoms with van der Waals surface area (Å²) in [5, 5.41) is 14.1. The minimum Gasteiger partial charge on any atom is -0.383 e. The summed E-state index contributed by atoms with van der Waals surface area (Å²) in [6.45, 7) is 2.24. The van der Waals surface area contributed by atoms with E-state index in [1.807, 2.05) is 19.1 Å². The predicted molar refractivity (Wildman–Crippen MR) is 128 cm³/mol. The highest BCUT2D eigenvalue weighted by Gasteiger charge is 2.22. The van der Waals surface area contributed by atoms with Gasteiger partial charge in [0.25, 0.3) is 5.56 Å². The number of fused-ring (bicyclic) bond motifs is 2.